The maximum absolute atomic E-state index is 4.77. The molecule has 1 aliphatic rings. The van der Waals surface area contributed by atoms with E-state index in [1.807, 2.05) is 18.5 Å². The number of likely N-dealkylation sites (tertiary alicyclic amines) is 1. The minimum Gasteiger partial charge on any atom is -0.357 e. The van der Waals surface area contributed by atoms with Crippen LogP contribution in [0, 0.1) is 6.92 Å². The molecule has 1 atom stereocenters. The number of aromatic nitrogens is 3. The molecule has 1 aromatic heterocycles. The molecule has 0 spiro atoms. The molecule has 1 unspecified atom stereocenters. The van der Waals surface area contributed by atoms with Crippen molar-refractivity contribution >= 4 is 29.9 Å². The molecule has 0 aromatic carbocycles. The van der Waals surface area contributed by atoms with Crippen LogP contribution in [0.2, 0.25) is 0 Å². The number of aryl methyl sites for hydroxylation is 1. The van der Waals surface area contributed by atoms with Gasteiger partial charge in [0.1, 0.15) is 12.4 Å². The Hall–Kier alpha value is -0.900. The summed E-state index contributed by atoms with van der Waals surface area (Å²) >= 11 is 0. The Morgan fingerprint density at radius 1 is 1.29 bits per heavy atom. The van der Waals surface area contributed by atoms with Crippen LogP contribution in [0.25, 0.3) is 0 Å². The highest BCUT2D eigenvalue weighted by molar-refractivity contribution is 14.0. The number of rotatable bonds is 6. The summed E-state index contributed by atoms with van der Waals surface area (Å²) in [6.45, 7) is 14.3. The average molecular weight is 449 g/mol. The van der Waals surface area contributed by atoms with Crippen LogP contribution in [0.4, 0.5) is 0 Å². The fourth-order valence-corrected chi connectivity index (χ4v) is 3.13. The van der Waals surface area contributed by atoms with Crippen molar-refractivity contribution in [2.75, 3.05) is 32.7 Å². The van der Waals surface area contributed by atoms with E-state index in [0.29, 0.717) is 12.6 Å². The van der Waals surface area contributed by atoms with E-state index in [4.69, 9.17) is 4.99 Å². The van der Waals surface area contributed by atoms with Crippen LogP contribution in [0.5, 0.6) is 0 Å². The van der Waals surface area contributed by atoms with Gasteiger partial charge in [-0.2, -0.15) is 0 Å². The quantitative estimate of drug-likeness (QED) is 0.407. The van der Waals surface area contributed by atoms with Gasteiger partial charge in [0.2, 0.25) is 0 Å². The maximum Gasteiger partial charge on any atom is 0.194 e. The van der Waals surface area contributed by atoms with Crippen LogP contribution in [0.3, 0.4) is 0 Å². The van der Waals surface area contributed by atoms with E-state index in [-0.39, 0.29) is 24.0 Å². The van der Waals surface area contributed by atoms with Crippen molar-refractivity contribution in [3.8, 4) is 0 Å². The molecule has 0 aliphatic carbocycles. The molecule has 0 amide bonds. The predicted octanol–water partition coefficient (Wildman–Crippen LogP) is 1.62. The van der Waals surface area contributed by atoms with E-state index >= 15 is 0 Å². The second-order valence-electron chi connectivity index (χ2n) is 6.00. The molecule has 138 valence electrons. The Labute approximate surface area is 162 Å². The van der Waals surface area contributed by atoms with Gasteiger partial charge < -0.3 is 14.8 Å². The van der Waals surface area contributed by atoms with Crippen molar-refractivity contribution in [3.63, 3.8) is 0 Å². The van der Waals surface area contributed by atoms with E-state index < -0.39 is 0 Å². The highest BCUT2D eigenvalue weighted by Gasteiger charge is 2.28. The van der Waals surface area contributed by atoms with Gasteiger partial charge in [-0.15, -0.1) is 34.2 Å². The Bertz CT molecular complexity index is 524. The summed E-state index contributed by atoms with van der Waals surface area (Å²) in [7, 11) is 1.99. The first-order chi connectivity index (χ1) is 11.1. The monoisotopic (exact) mass is 449 g/mol. The lowest BCUT2D eigenvalue weighted by atomic mass is 10.2. The van der Waals surface area contributed by atoms with E-state index in [1.165, 1.54) is 6.42 Å². The Kier molecular flexibility index (Phi) is 8.96. The standard InChI is InChI=1S/C16H31N7.HI/c1-6-17-16(18-11-15-20-19-13(4)21(15)5)23-10-9-14(12-23)22(7-2)8-3;/h14H,6-12H2,1-5H3,(H,17,18);1H. The van der Waals surface area contributed by atoms with Gasteiger partial charge in [0.05, 0.1) is 0 Å². The topological polar surface area (TPSA) is 61.6 Å². The zero-order chi connectivity index (χ0) is 16.8. The van der Waals surface area contributed by atoms with Crippen molar-refractivity contribution in [1.29, 1.82) is 0 Å². The lowest BCUT2D eigenvalue weighted by molar-refractivity contribution is 0.223. The molecule has 8 heteroatoms. The average Bonchev–Trinajstić information content (AvgIpc) is 3.14. The molecule has 24 heavy (non-hydrogen) atoms. The molecule has 7 nitrogen and oxygen atoms in total. The summed E-state index contributed by atoms with van der Waals surface area (Å²) in [5.41, 5.74) is 0. The van der Waals surface area contributed by atoms with E-state index in [0.717, 1.165) is 50.3 Å². The molecule has 1 aromatic rings. The van der Waals surface area contributed by atoms with E-state index in [9.17, 15) is 0 Å². The third kappa shape index (κ3) is 5.05. The highest BCUT2D eigenvalue weighted by Crippen LogP contribution is 2.15. The van der Waals surface area contributed by atoms with Gasteiger partial charge in [-0.25, -0.2) is 4.99 Å². The number of nitrogens with one attached hydrogen (secondary N) is 1. The first-order valence-electron chi connectivity index (χ1n) is 8.72. The first-order valence-corrected chi connectivity index (χ1v) is 8.72. The van der Waals surface area contributed by atoms with Gasteiger partial charge in [-0.1, -0.05) is 13.8 Å². The summed E-state index contributed by atoms with van der Waals surface area (Å²) in [5, 5.41) is 11.7. The number of hydrogen-bond donors (Lipinski definition) is 1. The molecule has 1 N–H and O–H groups in total. The summed E-state index contributed by atoms with van der Waals surface area (Å²) in [6.07, 6.45) is 1.20. The Morgan fingerprint density at radius 2 is 2.00 bits per heavy atom. The van der Waals surface area contributed by atoms with Gasteiger partial charge >= 0.3 is 0 Å². The zero-order valence-corrected chi connectivity index (χ0v) is 17.9. The SMILES string of the molecule is CCNC(=NCc1nnc(C)n1C)N1CCC(N(CC)CC)C1.I. The normalized spacial score (nSPS) is 18.2. The minimum atomic E-state index is 0. The van der Waals surface area contributed by atoms with E-state index in [1.54, 1.807) is 0 Å². The number of hydrogen-bond acceptors (Lipinski definition) is 4. The van der Waals surface area contributed by atoms with Crippen LogP contribution in [-0.2, 0) is 13.6 Å². The van der Waals surface area contributed by atoms with Crippen LogP contribution < -0.4 is 5.32 Å². The minimum absolute atomic E-state index is 0. The van der Waals surface area contributed by atoms with Crippen LogP contribution in [0.1, 0.15) is 38.8 Å². The molecule has 1 saturated heterocycles. The smallest absolute Gasteiger partial charge is 0.194 e. The van der Waals surface area contributed by atoms with Gasteiger partial charge in [0.25, 0.3) is 0 Å². The number of likely N-dealkylation sites (N-methyl/N-ethyl adjacent to an activating group) is 1. The number of nitrogens with zero attached hydrogens (tertiary/aromatic N) is 6. The summed E-state index contributed by atoms with van der Waals surface area (Å²) in [6, 6.07) is 0.630. The van der Waals surface area contributed by atoms with Gasteiger partial charge in [0.15, 0.2) is 11.8 Å². The number of guanidine groups is 1. The van der Waals surface area contributed by atoms with Crippen molar-refractivity contribution in [3.05, 3.63) is 11.6 Å². The van der Waals surface area contributed by atoms with Gasteiger partial charge in [-0.05, 0) is 33.4 Å². The lowest BCUT2D eigenvalue weighted by Gasteiger charge is -2.27. The third-order valence-electron chi connectivity index (χ3n) is 4.68. The largest absolute Gasteiger partial charge is 0.357 e. The fraction of sp³-hybridized carbons (Fsp3) is 0.812. The first kappa shape index (κ1) is 21.1. The molecule has 0 radical (unpaired) electrons. The predicted molar refractivity (Wildman–Crippen MR) is 109 cm³/mol. The summed E-state index contributed by atoms with van der Waals surface area (Å²) in [4.78, 5) is 9.68. The Balaban J connectivity index is 0.00000288. The lowest BCUT2D eigenvalue weighted by Crippen LogP contribution is -2.43. The van der Waals surface area contributed by atoms with E-state index in [2.05, 4.69) is 46.1 Å². The molecular formula is C16H32IN7. The molecule has 1 aliphatic heterocycles. The van der Waals surface area contributed by atoms with Crippen molar-refractivity contribution in [2.45, 2.75) is 46.7 Å². The molecule has 1 fully saturated rings. The van der Waals surface area contributed by atoms with Crippen LogP contribution >= 0.6 is 24.0 Å². The third-order valence-corrected chi connectivity index (χ3v) is 4.68. The summed E-state index contributed by atoms with van der Waals surface area (Å²) in [5.74, 6) is 2.81. The maximum atomic E-state index is 4.77. The van der Waals surface area contributed by atoms with Crippen molar-refractivity contribution in [1.82, 2.24) is 29.9 Å². The molecular weight excluding hydrogens is 417 g/mol. The van der Waals surface area contributed by atoms with Crippen molar-refractivity contribution < 1.29 is 0 Å². The fourth-order valence-electron chi connectivity index (χ4n) is 3.13. The molecule has 2 rings (SSSR count). The molecule has 2 heterocycles. The van der Waals surface area contributed by atoms with Gasteiger partial charge in [0, 0.05) is 32.7 Å². The van der Waals surface area contributed by atoms with Crippen molar-refractivity contribution in [2.24, 2.45) is 12.0 Å². The molecule has 0 bridgehead atoms. The second kappa shape index (κ2) is 10.2. The second-order valence-corrected chi connectivity index (χ2v) is 6.00. The van der Waals surface area contributed by atoms with Crippen LogP contribution in [-0.4, -0.2) is 69.3 Å². The Morgan fingerprint density at radius 3 is 2.54 bits per heavy atom. The molecule has 0 saturated carbocycles. The highest BCUT2D eigenvalue weighted by atomic mass is 127. The number of aliphatic imine (C=N–C) groups is 1. The van der Waals surface area contributed by atoms with Gasteiger partial charge in [-0.3, -0.25) is 4.90 Å². The zero-order valence-electron chi connectivity index (χ0n) is 15.6. The number of halogens is 1. The van der Waals surface area contributed by atoms with Crippen LogP contribution in [0.15, 0.2) is 4.99 Å². The summed E-state index contributed by atoms with van der Waals surface area (Å²) < 4.78 is 2.00.